The zero-order chi connectivity index (χ0) is 24.2. The van der Waals surface area contributed by atoms with E-state index in [4.69, 9.17) is 9.47 Å². The van der Waals surface area contributed by atoms with Crippen molar-refractivity contribution >= 4 is 11.9 Å². The van der Waals surface area contributed by atoms with E-state index in [1.165, 1.54) is 19.3 Å². The topological polar surface area (TPSA) is 52.6 Å². The predicted octanol–water partition coefficient (Wildman–Crippen LogP) is 7.02. The first-order valence-corrected chi connectivity index (χ1v) is 11.6. The highest BCUT2D eigenvalue weighted by Gasteiger charge is 2.27. The molecule has 0 aromatic heterocycles. The van der Waals surface area contributed by atoms with Crippen LogP contribution in [0.1, 0.15) is 82.4 Å². The van der Waals surface area contributed by atoms with E-state index in [9.17, 15) is 9.59 Å². The minimum Gasteiger partial charge on any atom is -0.423 e. The number of hydrogen-bond donors (Lipinski definition) is 0. The average Bonchev–Trinajstić information content (AvgIpc) is 2.80. The van der Waals surface area contributed by atoms with E-state index >= 15 is 0 Å². The maximum absolute atomic E-state index is 12.2. The second-order valence-electron chi connectivity index (χ2n) is 9.58. The molecule has 0 heterocycles. The maximum atomic E-state index is 12.2. The van der Waals surface area contributed by atoms with Crippen LogP contribution in [-0.2, 0) is 15.0 Å². The van der Waals surface area contributed by atoms with Gasteiger partial charge >= 0.3 is 11.9 Å². The van der Waals surface area contributed by atoms with Gasteiger partial charge in [0.15, 0.2) is 0 Å². The van der Waals surface area contributed by atoms with E-state index in [1.54, 1.807) is 13.8 Å². The molecule has 0 saturated heterocycles. The fraction of sp³-hybridized carbons (Fsp3) is 0.379. The molecule has 4 nitrogen and oxygen atoms in total. The van der Waals surface area contributed by atoms with Crippen molar-refractivity contribution < 1.29 is 19.1 Å². The minimum atomic E-state index is -0.431. The number of rotatable bonds is 7. The summed E-state index contributed by atoms with van der Waals surface area (Å²) in [4.78, 5) is 24.0. The first-order valence-electron chi connectivity index (χ1n) is 11.6. The lowest BCUT2D eigenvalue weighted by Crippen LogP contribution is -2.20. The second kappa shape index (κ2) is 10.2. The largest absolute Gasteiger partial charge is 0.423 e. The van der Waals surface area contributed by atoms with E-state index in [0.717, 1.165) is 29.5 Å². The summed E-state index contributed by atoms with van der Waals surface area (Å²) in [7, 11) is 0. The van der Waals surface area contributed by atoms with E-state index in [0.29, 0.717) is 28.6 Å². The van der Waals surface area contributed by atoms with Gasteiger partial charge in [0.2, 0.25) is 0 Å². The van der Waals surface area contributed by atoms with Gasteiger partial charge in [-0.1, -0.05) is 70.5 Å². The summed E-state index contributed by atoms with van der Waals surface area (Å²) in [6, 6.07) is 13.7. The van der Waals surface area contributed by atoms with E-state index in [-0.39, 0.29) is 11.4 Å². The van der Waals surface area contributed by atoms with Crippen molar-refractivity contribution in [1.29, 1.82) is 0 Å². The van der Waals surface area contributed by atoms with Gasteiger partial charge in [-0.25, -0.2) is 9.59 Å². The molecule has 0 amide bonds. The second-order valence-corrected chi connectivity index (χ2v) is 9.58. The Balaban J connectivity index is 1.93. The zero-order valence-electron chi connectivity index (χ0n) is 20.2. The van der Waals surface area contributed by atoms with Crippen LogP contribution in [0.25, 0.3) is 0 Å². The Morgan fingerprint density at radius 3 is 1.94 bits per heavy atom. The first-order chi connectivity index (χ1) is 15.6. The Morgan fingerprint density at radius 1 is 0.818 bits per heavy atom. The van der Waals surface area contributed by atoms with Crippen LogP contribution in [0.5, 0.6) is 11.5 Å². The third kappa shape index (κ3) is 5.81. The van der Waals surface area contributed by atoms with E-state index in [2.05, 4.69) is 33.1 Å². The SMILES string of the molecule is C=C(C)C(=O)Oc1ccc(C(C)(C)c2ccc(OC(=O)C(=C)C)c(C3CCCCC3)c2)cc1. The molecule has 174 valence electrons. The molecule has 1 fully saturated rings. The quantitative estimate of drug-likeness (QED) is 0.260. The predicted molar refractivity (Wildman–Crippen MR) is 132 cm³/mol. The monoisotopic (exact) mass is 446 g/mol. The van der Waals surface area contributed by atoms with Gasteiger partial charge in [0.1, 0.15) is 11.5 Å². The van der Waals surface area contributed by atoms with Gasteiger partial charge < -0.3 is 9.47 Å². The summed E-state index contributed by atoms with van der Waals surface area (Å²) in [5.74, 6) is 0.688. The summed E-state index contributed by atoms with van der Waals surface area (Å²) in [5, 5.41) is 0. The van der Waals surface area contributed by atoms with Crippen LogP contribution in [0.3, 0.4) is 0 Å². The Morgan fingerprint density at radius 2 is 1.36 bits per heavy atom. The van der Waals surface area contributed by atoms with Crippen molar-refractivity contribution in [3.05, 3.63) is 83.5 Å². The Labute approximate surface area is 197 Å². The lowest BCUT2D eigenvalue weighted by molar-refractivity contribution is -0.131. The van der Waals surface area contributed by atoms with Crippen LogP contribution in [0.2, 0.25) is 0 Å². The zero-order valence-corrected chi connectivity index (χ0v) is 20.2. The summed E-state index contributed by atoms with van der Waals surface area (Å²) >= 11 is 0. The molecule has 1 aliphatic carbocycles. The molecule has 3 rings (SSSR count). The number of esters is 2. The molecule has 33 heavy (non-hydrogen) atoms. The molecule has 2 aromatic rings. The molecule has 4 heteroatoms. The van der Waals surface area contributed by atoms with E-state index in [1.807, 2.05) is 36.4 Å². The van der Waals surface area contributed by atoms with Gasteiger partial charge in [0.05, 0.1) is 0 Å². The van der Waals surface area contributed by atoms with Gasteiger partial charge in [-0.3, -0.25) is 0 Å². The Hall–Kier alpha value is -3.14. The highest BCUT2D eigenvalue weighted by molar-refractivity contribution is 5.89. The van der Waals surface area contributed by atoms with Crippen molar-refractivity contribution in [2.45, 2.75) is 71.1 Å². The van der Waals surface area contributed by atoms with Gasteiger partial charge in [-0.05, 0) is 67.5 Å². The summed E-state index contributed by atoms with van der Waals surface area (Å²) in [6.45, 7) is 15.0. The third-order valence-corrected chi connectivity index (χ3v) is 6.46. The molecule has 0 N–H and O–H groups in total. The van der Waals surface area contributed by atoms with Crippen LogP contribution in [-0.4, -0.2) is 11.9 Å². The molecule has 0 atom stereocenters. The molecule has 0 bridgehead atoms. The molecule has 1 aliphatic rings. The van der Waals surface area contributed by atoms with Gasteiger partial charge in [-0.2, -0.15) is 0 Å². The molecular formula is C29H34O4. The van der Waals surface area contributed by atoms with Crippen LogP contribution < -0.4 is 9.47 Å². The van der Waals surface area contributed by atoms with Crippen molar-refractivity contribution in [3.63, 3.8) is 0 Å². The lowest BCUT2D eigenvalue weighted by atomic mass is 9.75. The number of carbonyl (C=O) groups excluding carboxylic acids is 2. The highest BCUT2D eigenvalue weighted by Crippen LogP contribution is 2.41. The molecular weight excluding hydrogens is 412 g/mol. The normalized spacial score (nSPS) is 14.4. The lowest BCUT2D eigenvalue weighted by Gasteiger charge is -2.30. The van der Waals surface area contributed by atoms with Crippen LogP contribution in [0.15, 0.2) is 66.8 Å². The molecule has 0 unspecified atom stereocenters. The van der Waals surface area contributed by atoms with Crippen LogP contribution in [0.4, 0.5) is 0 Å². The van der Waals surface area contributed by atoms with Gasteiger partial charge in [-0.15, -0.1) is 0 Å². The van der Waals surface area contributed by atoms with Crippen molar-refractivity contribution in [2.24, 2.45) is 0 Å². The average molecular weight is 447 g/mol. The Bertz CT molecular complexity index is 1050. The molecule has 0 radical (unpaired) electrons. The van der Waals surface area contributed by atoms with E-state index < -0.39 is 5.97 Å². The van der Waals surface area contributed by atoms with Crippen LogP contribution >= 0.6 is 0 Å². The number of hydrogen-bond acceptors (Lipinski definition) is 4. The summed E-state index contributed by atoms with van der Waals surface area (Å²) in [5.41, 5.74) is 3.80. The fourth-order valence-electron chi connectivity index (χ4n) is 4.25. The fourth-order valence-corrected chi connectivity index (χ4v) is 4.25. The standard InChI is InChI=1S/C29H34O4/c1-19(2)27(30)32-24-15-12-22(13-16-24)29(5,6)23-14-17-26(33-28(31)20(3)4)25(18-23)21-10-8-7-9-11-21/h12-18,21H,1,3,7-11H2,2,4-6H3. The highest BCUT2D eigenvalue weighted by atomic mass is 16.5. The number of carbonyl (C=O) groups is 2. The third-order valence-electron chi connectivity index (χ3n) is 6.46. The molecule has 0 spiro atoms. The summed E-state index contributed by atoms with van der Waals surface area (Å²) in [6.07, 6.45) is 5.84. The minimum absolute atomic E-state index is 0.294. The van der Waals surface area contributed by atoms with Gasteiger partial charge in [0, 0.05) is 16.6 Å². The molecule has 0 aliphatic heterocycles. The summed E-state index contributed by atoms with van der Waals surface area (Å²) < 4.78 is 11.0. The number of benzene rings is 2. The number of ether oxygens (including phenoxy) is 2. The van der Waals surface area contributed by atoms with Crippen molar-refractivity contribution in [1.82, 2.24) is 0 Å². The first kappa shape index (κ1) is 24.5. The van der Waals surface area contributed by atoms with Gasteiger partial charge in [0.25, 0.3) is 0 Å². The van der Waals surface area contributed by atoms with Crippen LogP contribution in [0, 0.1) is 0 Å². The smallest absolute Gasteiger partial charge is 0.338 e. The maximum Gasteiger partial charge on any atom is 0.338 e. The molecule has 2 aromatic carbocycles. The molecule has 1 saturated carbocycles. The Kier molecular flexibility index (Phi) is 7.57. The van der Waals surface area contributed by atoms with Crippen molar-refractivity contribution in [3.8, 4) is 11.5 Å². The van der Waals surface area contributed by atoms with Crippen molar-refractivity contribution in [2.75, 3.05) is 0 Å².